The lowest BCUT2D eigenvalue weighted by Gasteiger charge is -2.23. The number of carbonyl (C=O) groups is 1. The minimum Gasteiger partial charge on any atom is -0.496 e. The molecule has 1 aromatic rings. The molecule has 1 aromatic carbocycles. The average molecular weight is 295 g/mol. The molecule has 1 amide bonds. The number of benzene rings is 1. The summed E-state index contributed by atoms with van der Waals surface area (Å²) in [6.07, 6.45) is 2.23. The molecule has 0 bridgehead atoms. The van der Waals surface area contributed by atoms with Crippen LogP contribution in [0, 0.1) is 5.41 Å². The van der Waals surface area contributed by atoms with Crippen LogP contribution in [0.3, 0.4) is 0 Å². The third-order valence-corrected chi connectivity index (χ3v) is 4.68. The van der Waals surface area contributed by atoms with Gasteiger partial charge in [0.25, 0.3) is 5.91 Å². The van der Waals surface area contributed by atoms with Crippen molar-refractivity contribution in [3.63, 3.8) is 0 Å². The Balaban J connectivity index is 1.81. The summed E-state index contributed by atoms with van der Waals surface area (Å²) in [4.78, 5) is 14.6. The molecule has 2 aliphatic heterocycles. The number of methoxy groups -OCH3 is 1. The largest absolute Gasteiger partial charge is 0.496 e. The second-order valence-corrected chi connectivity index (χ2v) is 6.18. The second kappa shape index (κ2) is 5.26. The molecule has 20 heavy (non-hydrogen) atoms. The van der Waals surface area contributed by atoms with Gasteiger partial charge < -0.3 is 15.0 Å². The quantitative estimate of drug-likeness (QED) is 0.909. The van der Waals surface area contributed by atoms with Crippen LogP contribution in [0.4, 0.5) is 0 Å². The third-order valence-electron chi connectivity index (χ3n) is 4.45. The lowest BCUT2D eigenvalue weighted by molar-refractivity contribution is 0.0772. The number of rotatable bonds is 2. The van der Waals surface area contributed by atoms with E-state index in [-0.39, 0.29) is 11.3 Å². The highest BCUT2D eigenvalue weighted by Crippen LogP contribution is 2.37. The van der Waals surface area contributed by atoms with E-state index in [1.165, 1.54) is 0 Å². The van der Waals surface area contributed by atoms with Gasteiger partial charge in [-0.2, -0.15) is 0 Å². The third kappa shape index (κ3) is 2.38. The van der Waals surface area contributed by atoms with E-state index in [1.54, 1.807) is 25.3 Å². The highest BCUT2D eigenvalue weighted by atomic mass is 35.5. The van der Waals surface area contributed by atoms with E-state index in [2.05, 4.69) is 5.32 Å². The second-order valence-electron chi connectivity index (χ2n) is 5.75. The van der Waals surface area contributed by atoms with Crippen molar-refractivity contribution in [2.45, 2.75) is 12.8 Å². The molecule has 108 valence electrons. The van der Waals surface area contributed by atoms with Crippen molar-refractivity contribution in [2.75, 3.05) is 33.3 Å². The average Bonchev–Trinajstić information content (AvgIpc) is 3.09. The maximum absolute atomic E-state index is 12.7. The summed E-state index contributed by atoms with van der Waals surface area (Å²) in [6.45, 7) is 3.72. The molecule has 2 saturated heterocycles. The highest BCUT2D eigenvalue weighted by Gasteiger charge is 2.42. The first-order valence-electron chi connectivity index (χ1n) is 6.97. The summed E-state index contributed by atoms with van der Waals surface area (Å²) in [5.74, 6) is 0.609. The van der Waals surface area contributed by atoms with Crippen molar-refractivity contribution in [3.8, 4) is 5.75 Å². The summed E-state index contributed by atoms with van der Waals surface area (Å²) >= 11 is 6.01. The van der Waals surface area contributed by atoms with Crippen LogP contribution in [0.5, 0.6) is 5.75 Å². The van der Waals surface area contributed by atoms with Crippen LogP contribution in [-0.4, -0.2) is 44.1 Å². The maximum atomic E-state index is 12.7. The molecule has 1 spiro atoms. The predicted octanol–water partition coefficient (Wildman–Crippen LogP) is 2.17. The number of hydrogen-bond acceptors (Lipinski definition) is 3. The van der Waals surface area contributed by atoms with Crippen molar-refractivity contribution >= 4 is 17.5 Å². The van der Waals surface area contributed by atoms with E-state index in [1.807, 2.05) is 4.90 Å². The zero-order valence-corrected chi connectivity index (χ0v) is 12.4. The van der Waals surface area contributed by atoms with Crippen molar-refractivity contribution < 1.29 is 9.53 Å². The standard InChI is InChI=1S/C15H19ClN2O2/c1-20-13-3-2-11(16)8-12(13)14(19)18-7-5-15(10-18)4-6-17-9-15/h2-3,8,17H,4-7,9-10H2,1H3. The van der Waals surface area contributed by atoms with E-state index in [0.29, 0.717) is 16.3 Å². The van der Waals surface area contributed by atoms with Gasteiger partial charge in [-0.1, -0.05) is 11.6 Å². The van der Waals surface area contributed by atoms with Gasteiger partial charge >= 0.3 is 0 Å². The topological polar surface area (TPSA) is 41.6 Å². The fourth-order valence-electron chi connectivity index (χ4n) is 3.27. The molecular weight excluding hydrogens is 276 g/mol. The van der Waals surface area contributed by atoms with Crippen LogP contribution in [0.25, 0.3) is 0 Å². The zero-order valence-electron chi connectivity index (χ0n) is 11.6. The lowest BCUT2D eigenvalue weighted by Crippen LogP contribution is -2.33. The number of halogens is 1. The van der Waals surface area contributed by atoms with Crippen molar-refractivity contribution in [2.24, 2.45) is 5.41 Å². The molecule has 5 heteroatoms. The highest BCUT2D eigenvalue weighted by molar-refractivity contribution is 6.31. The van der Waals surface area contributed by atoms with Gasteiger partial charge in [0.1, 0.15) is 5.75 Å². The molecule has 1 N–H and O–H groups in total. The van der Waals surface area contributed by atoms with Gasteiger partial charge in [-0.3, -0.25) is 4.79 Å². The number of ether oxygens (including phenoxy) is 1. The fraction of sp³-hybridized carbons (Fsp3) is 0.533. The van der Waals surface area contributed by atoms with Crippen LogP contribution >= 0.6 is 11.6 Å². The molecule has 0 aliphatic carbocycles. The first-order chi connectivity index (χ1) is 9.63. The van der Waals surface area contributed by atoms with E-state index in [0.717, 1.165) is 39.0 Å². The summed E-state index contributed by atoms with van der Waals surface area (Å²) in [5, 5.41) is 3.96. The minimum atomic E-state index is 0.0214. The van der Waals surface area contributed by atoms with Crippen molar-refractivity contribution in [3.05, 3.63) is 28.8 Å². The van der Waals surface area contributed by atoms with Gasteiger partial charge in [-0.15, -0.1) is 0 Å². The minimum absolute atomic E-state index is 0.0214. The monoisotopic (exact) mass is 294 g/mol. The lowest BCUT2D eigenvalue weighted by atomic mass is 9.86. The Hall–Kier alpha value is -1.26. The van der Waals surface area contributed by atoms with Crippen molar-refractivity contribution in [1.82, 2.24) is 10.2 Å². The smallest absolute Gasteiger partial charge is 0.257 e. The molecule has 0 radical (unpaired) electrons. The molecule has 0 saturated carbocycles. The Labute approximate surface area is 124 Å². The van der Waals surface area contributed by atoms with Crippen molar-refractivity contribution in [1.29, 1.82) is 0 Å². The summed E-state index contributed by atoms with van der Waals surface area (Å²) in [6, 6.07) is 5.18. The molecule has 2 fully saturated rings. The van der Waals surface area contributed by atoms with Gasteiger partial charge in [0, 0.05) is 30.1 Å². The fourth-order valence-corrected chi connectivity index (χ4v) is 3.44. The van der Waals surface area contributed by atoms with Gasteiger partial charge in [0.05, 0.1) is 12.7 Å². The van der Waals surface area contributed by atoms with Gasteiger partial charge in [-0.05, 0) is 37.6 Å². The molecular formula is C15H19ClN2O2. The number of nitrogens with one attached hydrogen (secondary N) is 1. The Morgan fingerprint density at radius 2 is 2.30 bits per heavy atom. The number of amides is 1. The first-order valence-corrected chi connectivity index (χ1v) is 7.35. The van der Waals surface area contributed by atoms with Gasteiger partial charge in [-0.25, -0.2) is 0 Å². The predicted molar refractivity (Wildman–Crippen MR) is 78.4 cm³/mol. The van der Waals surface area contributed by atoms with Crippen LogP contribution < -0.4 is 10.1 Å². The first kappa shape index (κ1) is 13.7. The SMILES string of the molecule is COc1ccc(Cl)cc1C(=O)N1CCC2(CCNC2)C1. The number of likely N-dealkylation sites (tertiary alicyclic amines) is 1. The van der Waals surface area contributed by atoms with Crippen LogP contribution in [-0.2, 0) is 0 Å². The normalized spacial score (nSPS) is 25.4. The van der Waals surface area contributed by atoms with E-state index >= 15 is 0 Å². The summed E-state index contributed by atoms with van der Waals surface area (Å²) < 4.78 is 5.28. The Morgan fingerprint density at radius 3 is 3.00 bits per heavy atom. The van der Waals surface area contributed by atoms with E-state index < -0.39 is 0 Å². The molecule has 3 rings (SSSR count). The Bertz CT molecular complexity index is 527. The maximum Gasteiger partial charge on any atom is 0.257 e. The molecule has 1 atom stereocenters. The number of nitrogens with zero attached hydrogens (tertiary/aromatic N) is 1. The summed E-state index contributed by atoms with van der Waals surface area (Å²) in [7, 11) is 1.58. The Kier molecular flexibility index (Phi) is 3.61. The van der Waals surface area contributed by atoms with Crippen LogP contribution in [0.2, 0.25) is 5.02 Å². The van der Waals surface area contributed by atoms with E-state index in [9.17, 15) is 4.79 Å². The number of carbonyl (C=O) groups excluding carboxylic acids is 1. The molecule has 2 heterocycles. The van der Waals surface area contributed by atoms with Gasteiger partial charge in [0.2, 0.25) is 0 Å². The zero-order chi connectivity index (χ0) is 14.2. The van der Waals surface area contributed by atoms with Crippen LogP contribution in [0.1, 0.15) is 23.2 Å². The molecule has 4 nitrogen and oxygen atoms in total. The Morgan fingerprint density at radius 1 is 1.45 bits per heavy atom. The molecule has 1 unspecified atom stereocenters. The summed E-state index contributed by atoms with van der Waals surface area (Å²) in [5.41, 5.74) is 0.838. The molecule has 0 aromatic heterocycles. The van der Waals surface area contributed by atoms with Crippen LogP contribution in [0.15, 0.2) is 18.2 Å². The van der Waals surface area contributed by atoms with Gasteiger partial charge in [0.15, 0.2) is 0 Å². The molecule has 2 aliphatic rings. The number of hydrogen-bond donors (Lipinski definition) is 1. The van der Waals surface area contributed by atoms with E-state index in [4.69, 9.17) is 16.3 Å².